The number of aromatic amines is 1. The summed E-state index contributed by atoms with van der Waals surface area (Å²) in [6, 6.07) is 12.5. The van der Waals surface area contributed by atoms with Gasteiger partial charge >= 0.3 is 5.97 Å². The smallest absolute Gasteiger partial charge is 0.303 e. The molecule has 0 aliphatic carbocycles. The predicted molar refractivity (Wildman–Crippen MR) is 455 cm³/mol. The number of carbonyl (C=O) groups is 14. The molecule has 37 nitrogen and oxygen atoms in total. The Kier molecular flexibility index (Phi) is 34.9. The molecule has 0 bridgehead atoms. The number of benzene rings is 5. The van der Waals surface area contributed by atoms with Crippen LogP contribution >= 0.6 is 0 Å². The molecule has 12 atom stereocenters. The van der Waals surface area contributed by atoms with Gasteiger partial charge < -0.3 is 120 Å². The third-order valence-corrected chi connectivity index (χ3v) is 21.7. The second kappa shape index (κ2) is 45.7. The Morgan fingerprint density at radius 3 is 1.49 bits per heavy atom. The average Bonchev–Trinajstić information content (AvgIpc) is 1.56. The molecule has 5 aromatic carbocycles. The van der Waals surface area contributed by atoms with Crippen molar-refractivity contribution in [3.63, 3.8) is 0 Å². The van der Waals surface area contributed by atoms with E-state index in [2.05, 4.69) is 68.7 Å². The van der Waals surface area contributed by atoms with E-state index in [-0.39, 0.29) is 150 Å². The molecule has 1 radical (unpaired) electrons. The largest absolute Gasteiger partial charge is 0.508 e. The predicted octanol–water partition coefficient (Wildman–Crippen LogP) is -0.348. The summed E-state index contributed by atoms with van der Waals surface area (Å²) in [6.45, 7) is 6.39. The number of fused-ring (bicyclic) bond motifs is 3. The minimum atomic E-state index is -1.89. The van der Waals surface area contributed by atoms with E-state index in [0.717, 1.165) is 7.41 Å². The molecule has 9 rings (SSSR count). The minimum Gasteiger partial charge on any atom is -0.508 e. The SMILES string of the molecule is CC(C)C[C@H]1CN[C@@H](CCC(=O)O)C(=O)N[C@@H](CC(C)C)C(=O)NCC(=O)N[C@@H](Cc2c[nH]c3ccccc23)C(=O)N[C@@H](Cc2ccc(O)cc2)C(=O)[B]N[C@H](Cc2ccc(O)cc2)C(=O)N[C@@H](CC(N)=O)C(=O)N[C@@H](Cc2ccc(O)cc2)C(=O)N2CCC[C@H]2C(=O)N[C@@H](Cc2ccc(O)cc2)C(=O)N[C@@H](CCCNC(=N)N)C(=O)N2CCC[C@H]2C(=O)N1. The number of para-hydroxylation sites is 1. The number of carboxylic acids is 1. The van der Waals surface area contributed by atoms with E-state index in [1.807, 2.05) is 13.8 Å². The lowest BCUT2D eigenvalue weighted by molar-refractivity contribution is -0.143. The van der Waals surface area contributed by atoms with Gasteiger partial charge in [0.25, 0.3) is 7.41 Å². The van der Waals surface area contributed by atoms with Crippen molar-refractivity contribution in [2.45, 2.75) is 203 Å². The summed E-state index contributed by atoms with van der Waals surface area (Å²) in [6.07, 6.45) is -0.531. The molecule has 12 amide bonds. The number of phenols is 4. The maximum absolute atomic E-state index is 15.5. The molecule has 0 saturated carbocycles. The number of carbonyl (C=O) groups excluding carboxylic acids is 13. The number of carboxylic acid groups (broad SMARTS) is 1. The highest BCUT2D eigenvalue weighted by molar-refractivity contribution is 6.73. The number of rotatable bonds is 23. The zero-order chi connectivity index (χ0) is 89.8. The normalized spacial score (nSPS) is 23.4. The van der Waals surface area contributed by atoms with Gasteiger partial charge in [-0.15, -0.1) is 0 Å². The molecule has 3 aliphatic heterocycles. The Morgan fingerprint density at radius 2 is 0.952 bits per heavy atom. The standard InChI is InChI=1S/C86H112BN18O19/c1-47(2)36-54-45-93-61(31-32-74(112)113)77(116)99-64(37-48(3)4)76(115)94-46-73(111)96-66(42-53-44-92-60-11-6-5-10-59(53)60)79(118)98-63(38-49-15-23-55(106)24-16-49)75(114)87-103-68(40-51-19-27-57(108)28-20-51)81(120)100-67(43-72(88)110)80(119)102-69(41-52-21-29-58(109)30-22-52)85(124)105-35-9-14-71(105)83(122)101-65(39-50-17-25-56(107)26-18-50)78(117)97-62(12-7-33-91-86(89)90)84(123)104-34-8-13-70(104)82(121)95-54/h5-6,10-11,15-30,44,47-48,54,61-71,92-93,103,106-109H,7-9,12-14,31-43,45-46H2,1-4H3,(H2,88,110)(H,94,115)(H,95,121)(H,96,111)(H,97,117)(H,98,118)(H,99,116)(H,100,120)(H,101,122)(H,102,119)(H,112,113)(H4,89,90,91)/t54-,61-,62-,63-,64-,65-,66-,67-,68+,69-,70-,71-/m0/s1. The lowest BCUT2D eigenvalue weighted by atomic mass is 9.78. The minimum absolute atomic E-state index is 0.0000695. The summed E-state index contributed by atoms with van der Waals surface area (Å²) in [4.78, 5) is 211. The number of phenolic OH excluding ortho intramolecular Hbond substituents is 4. The van der Waals surface area contributed by atoms with Crippen molar-refractivity contribution in [1.82, 2.24) is 78.5 Å². The van der Waals surface area contributed by atoms with Gasteiger partial charge in [-0.05, 0) is 165 Å². The summed E-state index contributed by atoms with van der Waals surface area (Å²) in [5.74, 6) is -13.3. The van der Waals surface area contributed by atoms with Gasteiger partial charge in [-0.2, -0.15) is 0 Å². The Morgan fingerprint density at radius 1 is 0.500 bits per heavy atom. The van der Waals surface area contributed by atoms with Crippen LogP contribution in [0.5, 0.6) is 23.0 Å². The number of hydrogen-bond donors (Lipinski definition) is 21. The molecule has 0 unspecified atom stereocenters. The molecular weight excluding hydrogens is 1600 g/mol. The third-order valence-electron chi connectivity index (χ3n) is 21.7. The first kappa shape index (κ1) is 94.7. The molecule has 38 heteroatoms. The molecule has 124 heavy (non-hydrogen) atoms. The van der Waals surface area contributed by atoms with E-state index >= 15 is 38.4 Å². The fraction of sp³-hybridized carbons (Fsp3) is 0.453. The Balaban J connectivity index is 1.10. The van der Waals surface area contributed by atoms with Gasteiger partial charge in [0.15, 0.2) is 5.96 Å². The number of nitrogens with zero attached hydrogens (tertiary/aromatic N) is 2. The lowest BCUT2D eigenvalue weighted by Crippen LogP contribution is -2.61. The topological polar surface area (TPSA) is 583 Å². The maximum Gasteiger partial charge on any atom is 0.303 e. The number of aromatic hydroxyl groups is 4. The first-order chi connectivity index (χ1) is 59.1. The van der Waals surface area contributed by atoms with E-state index in [1.54, 1.807) is 44.3 Å². The monoisotopic (exact) mass is 1710 g/mol. The van der Waals surface area contributed by atoms with Crippen LogP contribution in [0.2, 0.25) is 0 Å². The second-order valence-corrected chi connectivity index (χ2v) is 32.4. The van der Waals surface area contributed by atoms with Crippen molar-refractivity contribution >= 4 is 107 Å². The van der Waals surface area contributed by atoms with Crippen molar-refractivity contribution in [1.29, 1.82) is 5.41 Å². The highest BCUT2D eigenvalue weighted by Crippen LogP contribution is 2.26. The average molecular weight is 1710 g/mol. The highest BCUT2D eigenvalue weighted by Gasteiger charge is 2.44. The summed E-state index contributed by atoms with van der Waals surface area (Å²) in [5.41, 5.74) is 13.3. The highest BCUT2D eigenvalue weighted by atomic mass is 16.4. The van der Waals surface area contributed by atoms with Crippen molar-refractivity contribution < 1.29 is 92.7 Å². The fourth-order valence-corrected chi connectivity index (χ4v) is 15.4. The van der Waals surface area contributed by atoms with Crippen LogP contribution in [0.4, 0.5) is 0 Å². The van der Waals surface area contributed by atoms with Crippen molar-refractivity contribution in [2.24, 2.45) is 23.3 Å². The van der Waals surface area contributed by atoms with Crippen molar-refractivity contribution in [2.75, 3.05) is 32.7 Å². The Hall–Kier alpha value is -13.1. The van der Waals surface area contributed by atoms with Crippen molar-refractivity contribution in [3.05, 3.63) is 155 Å². The zero-order valence-corrected chi connectivity index (χ0v) is 69.6. The van der Waals surface area contributed by atoms with Crippen LogP contribution < -0.4 is 75.2 Å². The number of aromatic nitrogens is 1. The van der Waals surface area contributed by atoms with Gasteiger partial charge in [0.05, 0.1) is 31.1 Å². The van der Waals surface area contributed by atoms with Crippen LogP contribution in [0.25, 0.3) is 10.9 Å². The summed E-state index contributed by atoms with van der Waals surface area (Å²) >= 11 is 0. The van der Waals surface area contributed by atoms with E-state index < -0.39 is 174 Å². The molecule has 663 valence electrons. The van der Waals surface area contributed by atoms with Crippen LogP contribution in [0.15, 0.2) is 128 Å². The van der Waals surface area contributed by atoms with Gasteiger partial charge in [0, 0.05) is 75.0 Å². The summed E-state index contributed by atoms with van der Waals surface area (Å²) in [5, 5.41) is 93.0. The number of hydrogen-bond acceptors (Lipinski definition) is 21. The van der Waals surface area contributed by atoms with E-state index in [4.69, 9.17) is 16.9 Å². The quantitative estimate of drug-likeness (QED) is 0.0169. The van der Waals surface area contributed by atoms with Crippen molar-refractivity contribution in [3.8, 4) is 23.0 Å². The van der Waals surface area contributed by atoms with Crippen LogP contribution in [0, 0.1) is 17.2 Å². The number of H-pyrrole nitrogens is 1. The molecule has 6 aromatic rings. The number of primary amides is 1. The van der Waals surface area contributed by atoms with Gasteiger partial charge in [-0.1, -0.05) is 94.4 Å². The Labute approximate surface area is 717 Å². The summed E-state index contributed by atoms with van der Waals surface area (Å²) < 4.78 is 0. The Bertz CT molecular complexity index is 4770. The maximum atomic E-state index is 15.5. The number of aliphatic carboxylic acids is 1. The molecular formula is C86H112BN18O19. The van der Waals surface area contributed by atoms with E-state index in [0.29, 0.717) is 45.1 Å². The van der Waals surface area contributed by atoms with E-state index in [1.165, 1.54) is 107 Å². The first-order valence-electron chi connectivity index (χ1n) is 41.6. The molecule has 23 N–H and O–H groups in total. The molecule has 1 aromatic heterocycles. The van der Waals surface area contributed by atoms with Gasteiger partial charge in [-0.3, -0.25) is 67.7 Å². The molecule has 4 heterocycles. The number of nitrogens with one attached hydrogen (secondary N) is 14. The van der Waals surface area contributed by atoms with Crippen LogP contribution in [-0.4, -0.2) is 241 Å². The van der Waals surface area contributed by atoms with Gasteiger partial charge in [0.2, 0.25) is 70.9 Å². The molecule has 3 saturated heterocycles. The molecule has 3 fully saturated rings. The number of nitrogens with two attached hydrogens (primary N) is 2. The van der Waals surface area contributed by atoms with Crippen LogP contribution in [0.3, 0.4) is 0 Å². The van der Waals surface area contributed by atoms with Gasteiger partial charge in [-0.25, -0.2) is 0 Å². The number of guanidine groups is 1. The lowest BCUT2D eigenvalue weighted by Gasteiger charge is -2.32. The zero-order valence-electron chi connectivity index (χ0n) is 69.6. The summed E-state index contributed by atoms with van der Waals surface area (Å²) in [7, 11) is 0.886. The number of amides is 12. The van der Waals surface area contributed by atoms with Crippen LogP contribution in [0.1, 0.15) is 126 Å². The third kappa shape index (κ3) is 28.8. The molecule has 3 aliphatic rings. The second-order valence-electron chi connectivity index (χ2n) is 32.4. The van der Waals surface area contributed by atoms with Crippen LogP contribution in [-0.2, 0) is 99.2 Å². The first-order valence-corrected chi connectivity index (χ1v) is 41.6. The van der Waals surface area contributed by atoms with E-state index in [9.17, 15) is 54.3 Å². The van der Waals surface area contributed by atoms with Gasteiger partial charge in [0.1, 0.15) is 77.0 Å². The fourth-order valence-electron chi connectivity index (χ4n) is 15.4. The molecule has 0 spiro atoms.